The molecule has 136 valence electrons. The van der Waals surface area contributed by atoms with Crippen molar-refractivity contribution in [1.29, 1.82) is 5.26 Å². The highest BCUT2D eigenvalue weighted by Crippen LogP contribution is 2.26. The van der Waals surface area contributed by atoms with Gasteiger partial charge in [0.05, 0.1) is 25.3 Å². The number of nitrogens with zero attached hydrogens (tertiary/aromatic N) is 2. The molecule has 0 aromatic heterocycles. The van der Waals surface area contributed by atoms with Crippen LogP contribution in [0.2, 0.25) is 0 Å². The van der Waals surface area contributed by atoms with Gasteiger partial charge in [0.15, 0.2) is 17.5 Å². The molecule has 0 aliphatic heterocycles. The fourth-order valence-electron chi connectivity index (χ4n) is 2.32. The third-order valence-electron chi connectivity index (χ3n) is 3.72. The SMILES string of the molecule is CN=C(NCc1ccc(C#N)cc1)NCC(C)Oc1ccccc1OC. The number of nitrogens with one attached hydrogen (secondary N) is 2. The van der Waals surface area contributed by atoms with E-state index in [9.17, 15) is 0 Å². The van der Waals surface area contributed by atoms with Crippen LogP contribution in [0.1, 0.15) is 18.1 Å². The van der Waals surface area contributed by atoms with E-state index in [1.54, 1.807) is 26.3 Å². The molecule has 6 nitrogen and oxygen atoms in total. The Labute approximate surface area is 154 Å². The molecule has 0 bridgehead atoms. The monoisotopic (exact) mass is 352 g/mol. The summed E-state index contributed by atoms with van der Waals surface area (Å²) in [6, 6.07) is 17.1. The van der Waals surface area contributed by atoms with Gasteiger partial charge < -0.3 is 20.1 Å². The fourth-order valence-corrected chi connectivity index (χ4v) is 2.32. The number of para-hydroxylation sites is 2. The van der Waals surface area contributed by atoms with Gasteiger partial charge in [0, 0.05) is 13.6 Å². The highest BCUT2D eigenvalue weighted by atomic mass is 16.5. The summed E-state index contributed by atoms with van der Waals surface area (Å²) in [7, 11) is 3.35. The Morgan fingerprint density at radius 1 is 1.12 bits per heavy atom. The van der Waals surface area contributed by atoms with Gasteiger partial charge in [-0.15, -0.1) is 0 Å². The average molecular weight is 352 g/mol. The molecule has 0 spiro atoms. The highest BCUT2D eigenvalue weighted by molar-refractivity contribution is 5.79. The standard InChI is InChI=1S/C20H24N4O2/c1-15(26-19-7-5-4-6-18(19)25-3)13-23-20(22-2)24-14-17-10-8-16(12-21)9-11-17/h4-11,15H,13-14H2,1-3H3,(H2,22,23,24). The van der Waals surface area contributed by atoms with Crippen LogP contribution in [-0.4, -0.2) is 32.8 Å². The van der Waals surface area contributed by atoms with E-state index in [0.29, 0.717) is 36.1 Å². The van der Waals surface area contributed by atoms with E-state index in [1.807, 2.05) is 43.3 Å². The molecule has 6 heteroatoms. The number of guanidine groups is 1. The minimum Gasteiger partial charge on any atom is -0.493 e. The zero-order valence-corrected chi connectivity index (χ0v) is 15.3. The molecular formula is C20H24N4O2. The van der Waals surface area contributed by atoms with Gasteiger partial charge in [0.25, 0.3) is 0 Å². The van der Waals surface area contributed by atoms with Crippen molar-refractivity contribution in [3.05, 3.63) is 59.7 Å². The molecule has 2 aromatic carbocycles. The molecule has 0 heterocycles. The Morgan fingerprint density at radius 2 is 1.81 bits per heavy atom. The van der Waals surface area contributed by atoms with Gasteiger partial charge in [-0.1, -0.05) is 24.3 Å². The largest absolute Gasteiger partial charge is 0.493 e. The Morgan fingerprint density at radius 3 is 2.42 bits per heavy atom. The number of nitriles is 1. The van der Waals surface area contributed by atoms with Gasteiger partial charge >= 0.3 is 0 Å². The van der Waals surface area contributed by atoms with Crippen LogP contribution in [0, 0.1) is 11.3 Å². The van der Waals surface area contributed by atoms with E-state index in [2.05, 4.69) is 21.7 Å². The van der Waals surface area contributed by atoms with E-state index < -0.39 is 0 Å². The number of hydrogen-bond donors (Lipinski definition) is 2. The number of ether oxygens (including phenoxy) is 2. The quantitative estimate of drug-likeness (QED) is 0.592. The second-order valence-electron chi connectivity index (χ2n) is 5.69. The number of aliphatic imine (C=N–C) groups is 1. The molecule has 1 unspecified atom stereocenters. The van der Waals surface area contributed by atoms with Crippen molar-refractivity contribution in [2.75, 3.05) is 20.7 Å². The summed E-state index contributed by atoms with van der Waals surface area (Å²) in [6.07, 6.45) is -0.0697. The third-order valence-corrected chi connectivity index (χ3v) is 3.72. The Hall–Kier alpha value is -3.20. The molecule has 1 atom stereocenters. The molecule has 0 aliphatic rings. The first-order chi connectivity index (χ1) is 12.7. The van der Waals surface area contributed by atoms with Crippen LogP contribution in [-0.2, 0) is 6.54 Å². The lowest BCUT2D eigenvalue weighted by atomic mass is 10.1. The molecule has 0 radical (unpaired) electrons. The maximum atomic E-state index is 8.83. The summed E-state index contributed by atoms with van der Waals surface area (Å²) in [5.41, 5.74) is 1.73. The van der Waals surface area contributed by atoms with Crippen LogP contribution in [0.25, 0.3) is 0 Å². The summed E-state index contributed by atoms with van der Waals surface area (Å²) in [5.74, 6) is 2.11. The molecule has 0 amide bonds. The lowest BCUT2D eigenvalue weighted by molar-refractivity contribution is 0.213. The van der Waals surface area contributed by atoms with Gasteiger partial charge in [-0.25, -0.2) is 0 Å². The Bertz CT molecular complexity index is 766. The Kier molecular flexibility index (Phi) is 7.31. The van der Waals surface area contributed by atoms with Gasteiger partial charge in [0.1, 0.15) is 6.10 Å². The van der Waals surface area contributed by atoms with Gasteiger partial charge in [-0.05, 0) is 36.8 Å². The Balaban J connectivity index is 1.81. The molecule has 2 rings (SSSR count). The topological polar surface area (TPSA) is 78.7 Å². The first-order valence-electron chi connectivity index (χ1n) is 8.39. The molecular weight excluding hydrogens is 328 g/mol. The summed E-state index contributed by atoms with van der Waals surface area (Å²) in [5, 5.41) is 15.3. The van der Waals surface area contributed by atoms with Gasteiger partial charge in [0.2, 0.25) is 0 Å². The molecule has 26 heavy (non-hydrogen) atoms. The third kappa shape index (κ3) is 5.71. The summed E-state index contributed by atoms with van der Waals surface area (Å²) in [6.45, 7) is 3.19. The predicted molar refractivity (Wildman–Crippen MR) is 102 cm³/mol. The van der Waals surface area contributed by atoms with Crippen molar-refractivity contribution < 1.29 is 9.47 Å². The number of methoxy groups -OCH3 is 1. The summed E-state index contributed by atoms with van der Waals surface area (Å²) < 4.78 is 11.2. The molecule has 0 fully saturated rings. The van der Waals surface area contributed by atoms with Gasteiger partial charge in [-0.2, -0.15) is 5.26 Å². The first kappa shape index (κ1) is 19.1. The van der Waals surface area contributed by atoms with Crippen molar-refractivity contribution in [2.24, 2.45) is 4.99 Å². The van der Waals surface area contributed by atoms with Crippen LogP contribution in [0.5, 0.6) is 11.5 Å². The highest BCUT2D eigenvalue weighted by Gasteiger charge is 2.09. The van der Waals surface area contributed by atoms with Crippen LogP contribution < -0.4 is 20.1 Å². The molecule has 2 aromatic rings. The number of hydrogen-bond acceptors (Lipinski definition) is 4. The smallest absolute Gasteiger partial charge is 0.191 e. The normalized spacial score (nSPS) is 12.0. The minimum absolute atomic E-state index is 0.0697. The zero-order valence-electron chi connectivity index (χ0n) is 15.3. The molecule has 2 N–H and O–H groups in total. The second kappa shape index (κ2) is 9.94. The predicted octanol–water partition coefficient (Wildman–Crippen LogP) is 2.70. The van der Waals surface area contributed by atoms with Gasteiger partial charge in [-0.3, -0.25) is 4.99 Å². The number of rotatable bonds is 7. The van der Waals surface area contributed by atoms with Crippen molar-refractivity contribution in [1.82, 2.24) is 10.6 Å². The van der Waals surface area contributed by atoms with E-state index in [0.717, 1.165) is 5.56 Å². The lowest BCUT2D eigenvalue weighted by Crippen LogP contribution is -2.41. The molecule has 0 saturated carbocycles. The fraction of sp³-hybridized carbons (Fsp3) is 0.300. The summed E-state index contributed by atoms with van der Waals surface area (Å²) >= 11 is 0. The van der Waals surface area contributed by atoms with Crippen molar-refractivity contribution >= 4 is 5.96 Å². The van der Waals surface area contributed by atoms with Crippen molar-refractivity contribution in [3.63, 3.8) is 0 Å². The maximum Gasteiger partial charge on any atom is 0.191 e. The van der Waals surface area contributed by atoms with Crippen LogP contribution in [0.3, 0.4) is 0 Å². The molecule has 0 aliphatic carbocycles. The summed E-state index contributed by atoms with van der Waals surface area (Å²) in [4.78, 5) is 4.21. The second-order valence-corrected chi connectivity index (χ2v) is 5.69. The van der Waals surface area contributed by atoms with E-state index in [-0.39, 0.29) is 6.10 Å². The molecule has 0 saturated heterocycles. The van der Waals surface area contributed by atoms with Crippen molar-refractivity contribution in [2.45, 2.75) is 19.6 Å². The van der Waals surface area contributed by atoms with E-state index in [4.69, 9.17) is 14.7 Å². The lowest BCUT2D eigenvalue weighted by Gasteiger charge is -2.19. The number of benzene rings is 2. The minimum atomic E-state index is -0.0697. The van der Waals surface area contributed by atoms with Crippen molar-refractivity contribution in [3.8, 4) is 17.6 Å². The van der Waals surface area contributed by atoms with E-state index in [1.165, 1.54) is 0 Å². The van der Waals surface area contributed by atoms with Crippen LogP contribution >= 0.6 is 0 Å². The van der Waals surface area contributed by atoms with Crippen LogP contribution in [0.4, 0.5) is 0 Å². The van der Waals surface area contributed by atoms with E-state index >= 15 is 0 Å². The average Bonchev–Trinajstić information content (AvgIpc) is 2.69. The zero-order chi connectivity index (χ0) is 18.8. The maximum absolute atomic E-state index is 8.83. The van der Waals surface area contributed by atoms with Crippen LogP contribution in [0.15, 0.2) is 53.5 Å². The first-order valence-corrected chi connectivity index (χ1v) is 8.39.